The summed E-state index contributed by atoms with van der Waals surface area (Å²) in [6.07, 6.45) is 4.49. The molecule has 0 amide bonds. The predicted molar refractivity (Wildman–Crippen MR) is 92.4 cm³/mol. The minimum Gasteiger partial charge on any atom is -0.456 e. The first kappa shape index (κ1) is 18.6. The molecule has 0 saturated heterocycles. The molecule has 26 heavy (non-hydrogen) atoms. The number of sulfone groups is 1. The largest absolute Gasteiger partial charge is 0.456 e. The molecule has 6 nitrogen and oxygen atoms in total. The second kappa shape index (κ2) is 7.99. The fourth-order valence-corrected chi connectivity index (χ4v) is 4.81. The second-order valence-corrected chi connectivity index (χ2v) is 8.71. The van der Waals surface area contributed by atoms with Crippen molar-refractivity contribution in [3.63, 3.8) is 0 Å². The first-order valence-corrected chi connectivity index (χ1v) is 10.2. The van der Waals surface area contributed by atoms with Gasteiger partial charge in [0.25, 0.3) is 0 Å². The molecule has 0 spiro atoms. The Balaban J connectivity index is 1.48. The van der Waals surface area contributed by atoms with E-state index in [4.69, 9.17) is 9.15 Å². The summed E-state index contributed by atoms with van der Waals surface area (Å²) in [7, 11) is -3.24. The topological polar surface area (TPSA) is 86.5 Å². The van der Waals surface area contributed by atoms with Gasteiger partial charge in [-0.3, -0.25) is 4.79 Å². The number of nitrogens with zero attached hydrogens (tertiary/aromatic N) is 1. The van der Waals surface area contributed by atoms with Crippen molar-refractivity contribution in [3.05, 3.63) is 42.2 Å². The van der Waals surface area contributed by atoms with Gasteiger partial charge in [-0.1, -0.05) is 12.8 Å². The maximum atomic E-state index is 12.9. The molecule has 1 saturated carbocycles. The number of hydrogen-bond acceptors (Lipinski definition) is 6. The summed E-state index contributed by atoms with van der Waals surface area (Å²) in [5.74, 6) is -0.526. The van der Waals surface area contributed by atoms with Gasteiger partial charge >= 0.3 is 5.97 Å². The molecule has 1 heterocycles. The maximum Gasteiger partial charge on any atom is 0.307 e. The minimum absolute atomic E-state index is 0.176. The van der Waals surface area contributed by atoms with Gasteiger partial charge in [-0.05, 0) is 37.1 Å². The lowest BCUT2D eigenvalue weighted by Crippen LogP contribution is -2.23. The summed E-state index contributed by atoms with van der Waals surface area (Å²) in [6, 6.07) is 5.73. The standard InChI is InChI=1S/C18H20FNO5S/c19-14-7-5-13(6-8-14)16-11-20-17(25-16)12-24-18(21)9-10-26(22,23)15-3-1-2-4-15/h5-8,11,15H,1-4,9-10,12H2. The van der Waals surface area contributed by atoms with Crippen LogP contribution in [0.25, 0.3) is 11.3 Å². The number of oxazole rings is 1. The Morgan fingerprint density at radius 3 is 2.62 bits per heavy atom. The average molecular weight is 381 g/mol. The van der Waals surface area contributed by atoms with Gasteiger partial charge in [0.2, 0.25) is 5.89 Å². The van der Waals surface area contributed by atoms with Crippen molar-refractivity contribution in [2.45, 2.75) is 44.0 Å². The fourth-order valence-electron chi connectivity index (χ4n) is 2.98. The van der Waals surface area contributed by atoms with Crippen LogP contribution in [-0.2, 0) is 26.0 Å². The average Bonchev–Trinajstić information content (AvgIpc) is 3.31. The summed E-state index contributed by atoms with van der Waals surface area (Å²) in [5, 5.41) is -0.319. The molecule has 0 N–H and O–H groups in total. The fraction of sp³-hybridized carbons (Fsp3) is 0.444. The normalized spacial score (nSPS) is 15.3. The molecule has 8 heteroatoms. The Morgan fingerprint density at radius 1 is 1.23 bits per heavy atom. The highest BCUT2D eigenvalue weighted by Crippen LogP contribution is 2.25. The monoisotopic (exact) mass is 381 g/mol. The van der Waals surface area contributed by atoms with E-state index in [1.165, 1.54) is 18.3 Å². The van der Waals surface area contributed by atoms with Gasteiger partial charge in [-0.2, -0.15) is 0 Å². The lowest BCUT2D eigenvalue weighted by Gasteiger charge is -2.10. The van der Waals surface area contributed by atoms with Gasteiger partial charge in [-0.15, -0.1) is 0 Å². The molecule has 0 radical (unpaired) electrons. The quantitative estimate of drug-likeness (QED) is 0.684. The SMILES string of the molecule is O=C(CCS(=O)(=O)C1CCCC1)OCc1ncc(-c2ccc(F)cc2)o1. The number of benzene rings is 1. The van der Waals surface area contributed by atoms with E-state index in [0.29, 0.717) is 24.2 Å². The van der Waals surface area contributed by atoms with Crippen LogP contribution >= 0.6 is 0 Å². The van der Waals surface area contributed by atoms with Crippen LogP contribution in [0.15, 0.2) is 34.9 Å². The molecule has 1 aromatic carbocycles. The van der Waals surface area contributed by atoms with Gasteiger partial charge in [0, 0.05) is 5.56 Å². The highest BCUT2D eigenvalue weighted by atomic mass is 32.2. The Kier molecular flexibility index (Phi) is 5.70. The van der Waals surface area contributed by atoms with Gasteiger partial charge in [0.15, 0.2) is 22.2 Å². The molecule has 1 aliphatic rings. The van der Waals surface area contributed by atoms with Crippen LogP contribution in [0, 0.1) is 5.82 Å². The van der Waals surface area contributed by atoms with E-state index < -0.39 is 15.8 Å². The summed E-state index contributed by atoms with van der Waals surface area (Å²) in [5.41, 5.74) is 0.652. The van der Waals surface area contributed by atoms with Crippen molar-refractivity contribution < 1.29 is 26.8 Å². The van der Waals surface area contributed by atoms with Crippen LogP contribution in [0.3, 0.4) is 0 Å². The smallest absolute Gasteiger partial charge is 0.307 e. The third kappa shape index (κ3) is 4.69. The molecule has 0 bridgehead atoms. The highest BCUT2D eigenvalue weighted by Gasteiger charge is 2.29. The lowest BCUT2D eigenvalue weighted by molar-refractivity contribution is -0.145. The number of rotatable bonds is 7. The van der Waals surface area contributed by atoms with E-state index in [0.717, 1.165) is 12.8 Å². The molecule has 3 rings (SSSR count). The van der Waals surface area contributed by atoms with E-state index >= 15 is 0 Å². The zero-order valence-corrected chi connectivity index (χ0v) is 15.0. The van der Waals surface area contributed by atoms with Gasteiger partial charge < -0.3 is 9.15 Å². The van der Waals surface area contributed by atoms with Crippen molar-refractivity contribution >= 4 is 15.8 Å². The van der Waals surface area contributed by atoms with Gasteiger partial charge in [0.05, 0.1) is 23.6 Å². The molecule has 1 aliphatic carbocycles. The van der Waals surface area contributed by atoms with Crippen molar-refractivity contribution in [2.24, 2.45) is 0 Å². The van der Waals surface area contributed by atoms with Crippen LogP contribution in [0.2, 0.25) is 0 Å². The Morgan fingerprint density at radius 2 is 1.92 bits per heavy atom. The number of halogens is 1. The molecule has 0 unspecified atom stereocenters. The minimum atomic E-state index is -3.24. The number of ether oxygens (including phenoxy) is 1. The lowest BCUT2D eigenvalue weighted by atomic mass is 10.2. The number of esters is 1. The second-order valence-electron chi connectivity index (χ2n) is 6.31. The zero-order chi connectivity index (χ0) is 18.6. The molecule has 1 fully saturated rings. The third-order valence-corrected chi connectivity index (χ3v) is 6.70. The number of aromatic nitrogens is 1. The van der Waals surface area contributed by atoms with Gasteiger partial charge in [-0.25, -0.2) is 17.8 Å². The number of carbonyl (C=O) groups excluding carboxylic acids is 1. The first-order chi connectivity index (χ1) is 12.4. The van der Waals surface area contributed by atoms with Crippen LogP contribution in [0.5, 0.6) is 0 Å². The molecule has 1 aromatic heterocycles. The molecule has 2 aromatic rings. The van der Waals surface area contributed by atoms with Crippen molar-refractivity contribution in [1.82, 2.24) is 4.98 Å². The summed E-state index contributed by atoms with van der Waals surface area (Å²) < 4.78 is 47.7. The Bertz CT molecular complexity index is 854. The van der Waals surface area contributed by atoms with E-state index in [2.05, 4.69) is 4.98 Å². The van der Waals surface area contributed by atoms with Crippen molar-refractivity contribution in [3.8, 4) is 11.3 Å². The summed E-state index contributed by atoms with van der Waals surface area (Å²) in [6.45, 7) is -0.177. The highest BCUT2D eigenvalue weighted by molar-refractivity contribution is 7.92. The summed E-state index contributed by atoms with van der Waals surface area (Å²) >= 11 is 0. The maximum absolute atomic E-state index is 12.9. The van der Waals surface area contributed by atoms with Crippen molar-refractivity contribution in [2.75, 3.05) is 5.75 Å². The zero-order valence-electron chi connectivity index (χ0n) is 14.2. The van der Waals surface area contributed by atoms with Crippen LogP contribution < -0.4 is 0 Å². The predicted octanol–water partition coefficient (Wildman–Crippen LogP) is 3.27. The molecule has 0 atom stereocenters. The molecule has 140 valence electrons. The van der Waals surface area contributed by atoms with Crippen molar-refractivity contribution in [1.29, 1.82) is 0 Å². The Hall–Kier alpha value is -2.22. The van der Waals surface area contributed by atoms with E-state index in [1.54, 1.807) is 12.1 Å². The third-order valence-electron chi connectivity index (χ3n) is 4.44. The van der Waals surface area contributed by atoms with Crippen LogP contribution in [0.4, 0.5) is 4.39 Å². The van der Waals surface area contributed by atoms with Crippen LogP contribution in [0.1, 0.15) is 38.0 Å². The number of hydrogen-bond donors (Lipinski definition) is 0. The van der Waals surface area contributed by atoms with E-state index in [-0.39, 0.29) is 35.7 Å². The first-order valence-electron chi connectivity index (χ1n) is 8.52. The Labute approximate surface area is 151 Å². The van der Waals surface area contributed by atoms with E-state index in [9.17, 15) is 17.6 Å². The molecular weight excluding hydrogens is 361 g/mol. The molecule has 0 aliphatic heterocycles. The van der Waals surface area contributed by atoms with E-state index in [1.807, 2.05) is 0 Å². The number of carbonyl (C=O) groups is 1. The van der Waals surface area contributed by atoms with Crippen LogP contribution in [-0.4, -0.2) is 30.4 Å². The molecular formula is C18H20FNO5S. The summed E-state index contributed by atoms with van der Waals surface area (Å²) in [4.78, 5) is 15.8. The van der Waals surface area contributed by atoms with Gasteiger partial charge in [0.1, 0.15) is 5.82 Å².